The first-order valence-electron chi connectivity index (χ1n) is 8.44. The third-order valence-electron chi connectivity index (χ3n) is 4.81. The summed E-state index contributed by atoms with van der Waals surface area (Å²) in [6.07, 6.45) is -1.85. The molecule has 1 aromatic carbocycles. The van der Waals surface area contributed by atoms with Crippen molar-refractivity contribution in [3.8, 4) is 0 Å². The number of halogens is 3. The Morgan fingerprint density at radius 1 is 1.19 bits per heavy atom. The van der Waals surface area contributed by atoms with Gasteiger partial charge in [-0.05, 0) is 18.9 Å². The zero-order chi connectivity index (χ0) is 20.2. The highest BCUT2D eigenvalue weighted by molar-refractivity contribution is 5.95. The second-order valence-electron chi connectivity index (χ2n) is 6.71. The Bertz CT molecular complexity index is 741. The predicted molar refractivity (Wildman–Crippen MR) is 89.1 cm³/mol. The summed E-state index contributed by atoms with van der Waals surface area (Å²) in [5.41, 5.74) is -4.05. The summed E-state index contributed by atoms with van der Waals surface area (Å²) in [6, 6.07) is 2.00. The molecule has 0 heterocycles. The first-order valence-corrected chi connectivity index (χ1v) is 8.44. The van der Waals surface area contributed by atoms with Crippen molar-refractivity contribution in [1.29, 1.82) is 0 Å². The maximum atomic E-state index is 13.2. The zero-order valence-corrected chi connectivity index (χ0v) is 14.3. The van der Waals surface area contributed by atoms with E-state index in [9.17, 15) is 38.0 Å². The molecule has 148 valence electrons. The van der Waals surface area contributed by atoms with Crippen LogP contribution in [0.1, 0.15) is 50.5 Å². The number of amides is 1. The van der Waals surface area contributed by atoms with Crippen LogP contribution >= 0.6 is 0 Å². The molecule has 10 heteroatoms. The molecule has 0 radical (unpaired) electrons. The Kier molecular flexibility index (Phi) is 6.07. The summed E-state index contributed by atoms with van der Waals surface area (Å²) in [7, 11) is 0. The number of aliphatic carboxylic acids is 1. The molecule has 1 aromatic rings. The van der Waals surface area contributed by atoms with E-state index in [1.807, 2.05) is 0 Å². The first-order chi connectivity index (χ1) is 12.5. The molecule has 1 fully saturated rings. The number of benzene rings is 1. The number of carbonyl (C=O) groups is 2. The third-order valence-corrected chi connectivity index (χ3v) is 4.81. The fourth-order valence-corrected chi connectivity index (χ4v) is 3.36. The molecule has 7 nitrogen and oxygen atoms in total. The van der Waals surface area contributed by atoms with E-state index in [4.69, 9.17) is 0 Å². The van der Waals surface area contributed by atoms with Gasteiger partial charge in [-0.1, -0.05) is 25.7 Å². The molecule has 2 N–H and O–H groups in total. The molecule has 0 atom stereocenters. The van der Waals surface area contributed by atoms with Crippen molar-refractivity contribution in [2.75, 3.05) is 5.32 Å². The van der Waals surface area contributed by atoms with Crippen LogP contribution in [0.4, 0.5) is 24.5 Å². The monoisotopic (exact) mass is 388 g/mol. The van der Waals surface area contributed by atoms with Crippen LogP contribution in [-0.4, -0.2) is 21.9 Å². The maximum Gasteiger partial charge on any atom is 0.418 e. The lowest BCUT2D eigenvalue weighted by Gasteiger charge is -2.27. The highest BCUT2D eigenvalue weighted by Crippen LogP contribution is 2.40. The minimum atomic E-state index is -4.92. The molecule has 0 aliphatic heterocycles. The molecule has 1 saturated carbocycles. The van der Waals surface area contributed by atoms with Gasteiger partial charge in [0.1, 0.15) is 0 Å². The number of carbonyl (C=O) groups excluding carboxylic acids is 1. The van der Waals surface area contributed by atoms with Gasteiger partial charge in [0.25, 0.3) is 5.69 Å². The standard InChI is InChI=1S/C17H19F3N2O5/c18-17(19,20)12-9-11(22(26)27)5-6-13(12)21-14(23)10-16(15(24)25)7-3-1-2-4-8-16/h5-6,9H,1-4,7-8,10H2,(H,21,23)(H,24,25). The van der Waals surface area contributed by atoms with Crippen molar-refractivity contribution in [3.05, 3.63) is 33.9 Å². The molecule has 1 amide bonds. The van der Waals surface area contributed by atoms with Crippen LogP contribution in [0.5, 0.6) is 0 Å². The van der Waals surface area contributed by atoms with Crippen LogP contribution in [0.3, 0.4) is 0 Å². The molecule has 27 heavy (non-hydrogen) atoms. The molecule has 0 aromatic heterocycles. The molecule has 1 aliphatic carbocycles. The molecular formula is C17H19F3N2O5. The molecule has 0 bridgehead atoms. The summed E-state index contributed by atoms with van der Waals surface area (Å²) >= 11 is 0. The Morgan fingerprint density at radius 2 is 1.78 bits per heavy atom. The number of carboxylic acids is 1. The number of carboxylic acid groups (broad SMARTS) is 1. The van der Waals surface area contributed by atoms with E-state index in [0.717, 1.165) is 25.0 Å². The summed E-state index contributed by atoms with van der Waals surface area (Å²) in [4.78, 5) is 33.8. The average molecular weight is 388 g/mol. The summed E-state index contributed by atoms with van der Waals surface area (Å²) < 4.78 is 39.6. The Labute approximate surface area is 152 Å². The largest absolute Gasteiger partial charge is 0.481 e. The number of hydrogen-bond acceptors (Lipinski definition) is 4. The number of non-ortho nitro benzene ring substituents is 1. The van der Waals surface area contributed by atoms with Crippen molar-refractivity contribution in [2.24, 2.45) is 5.41 Å². The number of hydrogen-bond donors (Lipinski definition) is 2. The fraction of sp³-hybridized carbons (Fsp3) is 0.529. The van der Waals surface area contributed by atoms with E-state index in [1.165, 1.54) is 0 Å². The van der Waals surface area contributed by atoms with Crippen molar-refractivity contribution in [2.45, 2.75) is 51.1 Å². The highest BCUT2D eigenvalue weighted by atomic mass is 19.4. The molecule has 0 spiro atoms. The van der Waals surface area contributed by atoms with Crippen LogP contribution in [0, 0.1) is 15.5 Å². The minimum Gasteiger partial charge on any atom is -0.481 e. The van der Waals surface area contributed by atoms with Crippen LogP contribution in [0.2, 0.25) is 0 Å². The summed E-state index contributed by atoms with van der Waals surface area (Å²) in [6.45, 7) is 0. The lowest BCUT2D eigenvalue weighted by molar-refractivity contribution is -0.385. The van der Waals surface area contributed by atoms with E-state index < -0.39 is 51.8 Å². The second-order valence-corrected chi connectivity index (χ2v) is 6.71. The number of rotatable bonds is 5. The van der Waals surface area contributed by atoms with Gasteiger partial charge >= 0.3 is 12.1 Å². The molecular weight excluding hydrogens is 369 g/mol. The smallest absolute Gasteiger partial charge is 0.418 e. The number of nitro benzene ring substituents is 1. The lowest BCUT2D eigenvalue weighted by atomic mass is 9.77. The van der Waals surface area contributed by atoms with Crippen molar-refractivity contribution < 1.29 is 32.8 Å². The van der Waals surface area contributed by atoms with Crippen molar-refractivity contribution in [1.82, 2.24) is 0 Å². The predicted octanol–water partition coefficient (Wildman–Crippen LogP) is 4.37. The second kappa shape index (κ2) is 7.93. The number of nitro groups is 1. The fourth-order valence-electron chi connectivity index (χ4n) is 3.36. The minimum absolute atomic E-state index is 0.280. The van der Waals surface area contributed by atoms with Crippen LogP contribution in [-0.2, 0) is 15.8 Å². The maximum absolute atomic E-state index is 13.2. The quantitative estimate of drug-likeness (QED) is 0.442. The Morgan fingerprint density at radius 3 is 2.26 bits per heavy atom. The van der Waals surface area contributed by atoms with Crippen molar-refractivity contribution in [3.63, 3.8) is 0 Å². The van der Waals surface area contributed by atoms with Crippen LogP contribution in [0.15, 0.2) is 18.2 Å². The number of alkyl halides is 3. The molecule has 1 aliphatic rings. The number of nitrogens with zero attached hydrogens (tertiary/aromatic N) is 1. The van der Waals surface area contributed by atoms with Gasteiger partial charge < -0.3 is 10.4 Å². The molecule has 0 saturated heterocycles. The van der Waals surface area contributed by atoms with Crippen molar-refractivity contribution >= 4 is 23.3 Å². The van der Waals surface area contributed by atoms with Gasteiger partial charge in [-0.2, -0.15) is 13.2 Å². The van der Waals surface area contributed by atoms with Gasteiger partial charge in [0.15, 0.2) is 0 Å². The molecule has 2 rings (SSSR count). The Balaban J connectivity index is 2.26. The first kappa shape index (κ1) is 20.7. The average Bonchev–Trinajstić information content (AvgIpc) is 2.80. The van der Waals surface area contributed by atoms with Gasteiger partial charge in [0.05, 0.1) is 21.6 Å². The zero-order valence-electron chi connectivity index (χ0n) is 14.3. The van der Waals surface area contributed by atoms with Gasteiger partial charge in [-0.3, -0.25) is 19.7 Å². The normalized spacial score (nSPS) is 17.0. The topological polar surface area (TPSA) is 110 Å². The number of nitrogens with one attached hydrogen (secondary N) is 1. The van der Waals surface area contributed by atoms with Crippen LogP contribution in [0.25, 0.3) is 0 Å². The molecule has 0 unspecified atom stereocenters. The van der Waals surface area contributed by atoms with Gasteiger partial charge in [0, 0.05) is 18.6 Å². The summed E-state index contributed by atoms with van der Waals surface area (Å²) in [5, 5.41) is 22.4. The van der Waals surface area contributed by atoms with Gasteiger partial charge in [0.2, 0.25) is 5.91 Å². The van der Waals surface area contributed by atoms with E-state index in [1.54, 1.807) is 0 Å². The van der Waals surface area contributed by atoms with E-state index >= 15 is 0 Å². The SMILES string of the molecule is O=C(CC1(C(=O)O)CCCCCC1)Nc1ccc([N+](=O)[O-])cc1C(F)(F)F. The lowest BCUT2D eigenvalue weighted by Crippen LogP contribution is -2.35. The van der Waals surface area contributed by atoms with Gasteiger partial charge in [-0.15, -0.1) is 0 Å². The van der Waals surface area contributed by atoms with E-state index in [2.05, 4.69) is 5.32 Å². The van der Waals surface area contributed by atoms with Gasteiger partial charge in [-0.25, -0.2) is 0 Å². The summed E-state index contributed by atoms with van der Waals surface area (Å²) in [5.74, 6) is -2.00. The van der Waals surface area contributed by atoms with E-state index in [0.29, 0.717) is 18.9 Å². The third kappa shape index (κ3) is 4.95. The Hall–Kier alpha value is -2.65. The van der Waals surface area contributed by atoms with E-state index in [-0.39, 0.29) is 12.8 Å². The number of anilines is 1. The van der Waals surface area contributed by atoms with Crippen LogP contribution < -0.4 is 5.32 Å². The highest BCUT2D eigenvalue weighted by Gasteiger charge is 2.41.